The number of rotatable bonds is 7. The Morgan fingerprint density at radius 2 is 2.00 bits per heavy atom. The molecule has 1 aliphatic rings. The summed E-state index contributed by atoms with van der Waals surface area (Å²) < 4.78 is 53.7. The molecule has 1 atom stereocenters. The summed E-state index contributed by atoms with van der Waals surface area (Å²) >= 11 is 0. The van der Waals surface area contributed by atoms with Crippen molar-refractivity contribution in [2.24, 2.45) is 5.92 Å². The van der Waals surface area contributed by atoms with E-state index in [0.717, 1.165) is 12.8 Å². The molecule has 0 saturated heterocycles. The summed E-state index contributed by atoms with van der Waals surface area (Å²) in [6.07, 6.45) is -1.73. The average molecular weight is 229 g/mol. The minimum Gasteiger partial charge on any atom is -0.383 e. The van der Waals surface area contributed by atoms with Crippen molar-refractivity contribution in [1.82, 2.24) is 5.32 Å². The summed E-state index contributed by atoms with van der Waals surface area (Å²) in [4.78, 5) is 0. The fraction of sp³-hybridized carbons (Fsp3) is 1.00. The lowest BCUT2D eigenvalue weighted by Crippen LogP contribution is -2.45. The largest absolute Gasteiger partial charge is 0.383 e. The minimum absolute atomic E-state index is 0.236. The molecule has 0 aromatic carbocycles. The van der Waals surface area contributed by atoms with Crippen molar-refractivity contribution in [3.8, 4) is 0 Å². The van der Waals surface area contributed by atoms with Crippen LogP contribution in [-0.4, -0.2) is 38.7 Å². The number of methoxy groups -OCH3 is 1. The number of alkyl halides is 4. The summed E-state index contributed by atoms with van der Waals surface area (Å²) in [5.41, 5.74) is 0. The van der Waals surface area contributed by atoms with Gasteiger partial charge in [0.05, 0.1) is 13.2 Å². The first kappa shape index (κ1) is 12.7. The van der Waals surface area contributed by atoms with Gasteiger partial charge in [0, 0.05) is 13.2 Å². The highest BCUT2D eigenvalue weighted by Gasteiger charge is 2.42. The Bertz CT molecular complexity index is 197. The molecule has 0 bridgehead atoms. The first-order valence-electron chi connectivity index (χ1n) is 4.85. The quantitative estimate of drug-likeness (QED) is 0.673. The monoisotopic (exact) mass is 229 g/mol. The van der Waals surface area contributed by atoms with E-state index in [0.29, 0.717) is 5.92 Å². The van der Waals surface area contributed by atoms with E-state index >= 15 is 0 Å². The van der Waals surface area contributed by atoms with Gasteiger partial charge in [-0.05, 0) is 18.8 Å². The van der Waals surface area contributed by atoms with Crippen LogP contribution >= 0.6 is 0 Å². The van der Waals surface area contributed by atoms with Gasteiger partial charge in [0.25, 0.3) is 0 Å². The van der Waals surface area contributed by atoms with Crippen LogP contribution in [0.1, 0.15) is 12.8 Å². The van der Waals surface area contributed by atoms with Crippen LogP contribution in [0.5, 0.6) is 0 Å². The molecule has 2 nitrogen and oxygen atoms in total. The van der Waals surface area contributed by atoms with Crippen LogP contribution in [0.15, 0.2) is 0 Å². The van der Waals surface area contributed by atoms with Crippen LogP contribution in [0.4, 0.5) is 17.6 Å². The molecule has 0 amide bonds. The van der Waals surface area contributed by atoms with E-state index in [-0.39, 0.29) is 12.6 Å². The second-order valence-electron chi connectivity index (χ2n) is 3.84. The van der Waals surface area contributed by atoms with Gasteiger partial charge in [-0.25, -0.2) is 8.78 Å². The zero-order valence-corrected chi connectivity index (χ0v) is 8.48. The van der Waals surface area contributed by atoms with Gasteiger partial charge in [-0.1, -0.05) is 0 Å². The molecular weight excluding hydrogens is 214 g/mol. The molecular formula is C9H15F4NO. The van der Waals surface area contributed by atoms with Gasteiger partial charge in [0.1, 0.15) is 0 Å². The predicted octanol–water partition coefficient (Wildman–Crippen LogP) is 1.90. The lowest BCUT2D eigenvalue weighted by molar-refractivity contribution is -0.127. The smallest absolute Gasteiger partial charge is 0.319 e. The van der Waals surface area contributed by atoms with Crippen LogP contribution in [0.2, 0.25) is 0 Å². The average Bonchev–Trinajstić information content (AvgIpc) is 2.95. The van der Waals surface area contributed by atoms with E-state index in [4.69, 9.17) is 4.74 Å². The maximum absolute atomic E-state index is 12.6. The summed E-state index contributed by atoms with van der Waals surface area (Å²) in [7, 11) is 1.46. The van der Waals surface area contributed by atoms with E-state index < -0.39 is 18.9 Å². The molecule has 1 unspecified atom stereocenters. The molecule has 0 aliphatic heterocycles. The Labute approximate surface area is 86.0 Å². The van der Waals surface area contributed by atoms with Crippen LogP contribution in [-0.2, 0) is 4.74 Å². The van der Waals surface area contributed by atoms with Gasteiger partial charge >= 0.3 is 12.3 Å². The fourth-order valence-electron chi connectivity index (χ4n) is 1.38. The molecule has 0 aromatic heterocycles. The molecule has 6 heteroatoms. The number of nitrogens with one attached hydrogen (secondary N) is 1. The highest BCUT2D eigenvalue weighted by atomic mass is 19.3. The van der Waals surface area contributed by atoms with Crippen molar-refractivity contribution >= 4 is 0 Å². The Hall–Kier alpha value is -0.360. The first-order valence-corrected chi connectivity index (χ1v) is 4.85. The molecule has 0 heterocycles. The Morgan fingerprint density at radius 3 is 2.40 bits per heavy atom. The Kier molecular flexibility index (Phi) is 4.33. The third-order valence-corrected chi connectivity index (χ3v) is 2.46. The van der Waals surface area contributed by atoms with Crippen molar-refractivity contribution in [2.75, 3.05) is 20.3 Å². The standard InChI is InChI=1S/C9H15F4NO/c1-15-4-7(6-2-3-6)14-5-9(12,13)8(10)11/h6-8,14H,2-5H2,1H3. The predicted molar refractivity (Wildman–Crippen MR) is 47.3 cm³/mol. The molecule has 1 aliphatic carbocycles. The molecule has 15 heavy (non-hydrogen) atoms. The lowest BCUT2D eigenvalue weighted by Gasteiger charge is -2.21. The van der Waals surface area contributed by atoms with Gasteiger partial charge < -0.3 is 10.1 Å². The lowest BCUT2D eigenvalue weighted by atomic mass is 10.2. The zero-order valence-electron chi connectivity index (χ0n) is 8.48. The van der Waals surface area contributed by atoms with Crippen molar-refractivity contribution in [3.63, 3.8) is 0 Å². The van der Waals surface area contributed by atoms with Crippen molar-refractivity contribution in [1.29, 1.82) is 0 Å². The molecule has 0 spiro atoms. The van der Waals surface area contributed by atoms with Crippen molar-refractivity contribution < 1.29 is 22.3 Å². The van der Waals surface area contributed by atoms with Crippen LogP contribution < -0.4 is 5.32 Å². The van der Waals surface area contributed by atoms with E-state index in [1.807, 2.05) is 0 Å². The normalized spacial score (nSPS) is 19.6. The molecule has 0 aromatic rings. The topological polar surface area (TPSA) is 21.3 Å². The highest BCUT2D eigenvalue weighted by Crippen LogP contribution is 2.33. The zero-order chi connectivity index (χ0) is 11.5. The van der Waals surface area contributed by atoms with Crippen LogP contribution in [0.25, 0.3) is 0 Å². The summed E-state index contributed by atoms with van der Waals surface area (Å²) in [5, 5.41) is 2.45. The number of hydrogen-bond donors (Lipinski definition) is 1. The van der Waals surface area contributed by atoms with E-state index in [2.05, 4.69) is 5.32 Å². The van der Waals surface area contributed by atoms with Gasteiger partial charge in [0.15, 0.2) is 0 Å². The summed E-state index contributed by atoms with van der Waals surface area (Å²) in [5.74, 6) is -3.67. The first-order chi connectivity index (χ1) is 6.97. The maximum Gasteiger partial charge on any atom is 0.319 e. The maximum atomic E-state index is 12.6. The second-order valence-corrected chi connectivity index (χ2v) is 3.84. The number of ether oxygens (including phenoxy) is 1. The highest BCUT2D eigenvalue weighted by molar-refractivity contribution is 4.88. The third kappa shape index (κ3) is 3.95. The summed E-state index contributed by atoms with van der Waals surface area (Å²) in [6, 6.07) is -0.236. The Balaban J connectivity index is 2.32. The molecule has 0 radical (unpaired) electrons. The molecule has 1 fully saturated rings. The van der Waals surface area contributed by atoms with Crippen molar-refractivity contribution in [3.05, 3.63) is 0 Å². The van der Waals surface area contributed by atoms with Gasteiger partial charge in [-0.2, -0.15) is 8.78 Å². The third-order valence-electron chi connectivity index (χ3n) is 2.46. The fourth-order valence-corrected chi connectivity index (χ4v) is 1.38. The molecule has 1 rings (SSSR count). The Morgan fingerprint density at radius 1 is 1.40 bits per heavy atom. The molecule has 1 N–H and O–H groups in total. The SMILES string of the molecule is COCC(NCC(F)(F)C(F)F)C1CC1. The van der Waals surface area contributed by atoms with Gasteiger partial charge in [-0.15, -0.1) is 0 Å². The van der Waals surface area contributed by atoms with E-state index in [1.165, 1.54) is 7.11 Å². The van der Waals surface area contributed by atoms with Crippen molar-refractivity contribution in [2.45, 2.75) is 31.2 Å². The summed E-state index contributed by atoms with van der Waals surface area (Å²) in [6.45, 7) is -0.709. The molecule has 90 valence electrons. The van der Waals surface area contributed by atoms with Crippen LogP contribution in [0.3, 0.4) is 0 Å². The minimum atomic E-state index is -3.96. The van der Waals surface area contributed by atoms with Gasteiger partial charge in [-0.3, -0.25) is 0 Å². The van der Waals surface area contributed by atoms with E-state index in [9.17, 15) is 17.6 Å². The van der Waals surface area contributed by atoms with Gasteiger partial charge in [0.2, 0.25) is 0 Å². The molecule has 1 saturated carbocycles. The number of halogens is 4. The van der Waals surface area contributed by atoms with Crippen LogP contribution in [0, 0.1) is 5.92 Å². The number of hydrogen-bond acceptors (Lipinski definition) is 2. The van der Waals surface area contributed by atoms with E-state index in [1.54, 1.807) is 0 Å². The second kappa shape index (κ2) is 5.12.